The third-order valence-corrected chi connectivity index (χ3v) is 8.48. The van der Waals surface area contributed by atoms with Gasteiger partial charge >= 0.3 is 0 Å². The van der Waals surface area contributed by atoms with Crippen LogP contribution in [0, 0.1) is 0 Å². The van der Waals surface area contributed by atoms with Crippen LogP contribution >= 0.6 is 15.9 Å². The number of nitrogens with one attached hydrogen (secondary N) is 1. The number of halogens is 1. The number of carbonyl (C=O) groups excluding carboxylic acids is 2. The highest BCUT2D eigenvalue weighted by Gasteiger charge is 2.33. The van der Waals surface area contributed by atoms with Crippen molar-refractivity contribution in [2.24, 2.45) is 0 Å². The maximum Gasteiger partial charge on any atom is 0.244 e. The van der Waals surface area contributed by atoms with Crippen LogP contribution in [0.2, 0.25) is 0 Å². The average Bonchev–Trinajstić information content (AvgIpc) is 2.97. The van der Waals surface area contributed by atoms with E-state index in [1.165, 1.54) is 25.2 Å². The van der Waals surface area contributed by atoms with E-state index < -0.39 is 28.5 Å². The minimum Gasteiger partial charge on any atom is -0.493 e. The fourth-order valence-corrected chi connectivity index (χ4v) is 5.71. The topological polar surface area (TPSA) is 105 Å². The van der Waals surface area contributed by atoms with Crippen LogP contribution in [0.15, 0.2) is 77.3 Å². The summed E-state index contributed by atoms with van der Waals surface area (Å²) in [7, 11) is -0.993. The molecule has 0 saturated heterocycles. The molecule has 226 valence electrons. The van der Waals surface area contributed by atoms with Crippen LogP contribution in [-0.4, -0.2) is 64.2 Å². The highest BCUT2D eigenvalue weighted by Crippen LogP contribution is 2.32. The predicted molar refractivity (Wildman–Crippen MR) is 168 cm³/mol. The van der Waals surface area contributed by atoms with Crippen molar-refractivity contribution in [1.82, 2.24) is 10.2 Å². The number of hydrogen-bond donors (Lipinski definition) is 1. The summed E-state index contributed by atoms with van der Waals surface area (Å²) in [6, 6.07) is 20.5. The van der Waals surface area contributed by atoms with Gasteiger partial charge in [-0.05, 0) is 48.7 Å². The Hall–Kier alpha value is -3.57. The molecule has 0 spiro atoms. The van der Waals surface area contributed by atoms with Crippen molar-refractivity contribution in [3.8, 4) is 11.5 Å². The molecule has 2 atom stereocenters. The van der Waals surface area contributed by atoms with Gasteiger partial charge in [0.15, 0.2) is 11.5 Å². The zero-order valence-electron chi connectivity index (χ0n) is 24.5. The van der Waals surface area contributed by atoms with Crippen LogP contribution in [0.5, 0.6) is 11.5 Å². The number of rotatable bonds is 14. The van der Waals surface area contributed by atoms with E-state index in [1.54, 1.807) is 12.1 Å². The normalized spacial score (nSPS) is 12.6. The van der Waals surface area contributed by atoms with Crippen LogP contribution < -0.4 is 19.1 Å². The van der Waals surface area contributed by atoms with E-state index in [-0.39, 0.29) is 30.6 Å². The van der Waals surface area contributed by atoms with Gasteiger partial charge in [-0.3, -0.25) is 13.9 Å². The van der Waals surface area contributed by atoms with E-state index in [2.05, 4.69) is 21.2 Å². The highest BCUT2D eigenvalue weighted by atomic mass is 79.9. The number of hydrogen-bond acceptors (Lipinski definition) is 6. The molecule has 0 unspecified atom stereocenters. The summed E-state index contributed by atoms with van der Waals surface area (Å²) >= 11 is 3.48. The van der Waals surface area contributed by atoms with Gasteiger partial charge in [0.05, 0.1) is 26.2 Å². The number of methoxy groups -OCH3 is 2. The Labute approximate surface area is 257 Å². The number of benzene rings is 3. The molecule has 3 rings (SSSR count). The summed E-state index contributed by atoms with van der Waals surface area (Å²) in [6.45, 7) is 3.44. The van der Waals surface area contributed by atoms with Crippen LogP contribution in [0.1, 0.15) is 31.4 Å². The van der Waals surface area contributed by atoms with Gasteiger partial charge < -0.3 is 19.7 Å². The first-order chi connectivity index (χ1) is 20.0. The lowest BCUT2D eigenvalue weighted by molar-refractivity contribution is -0.140. The Morgan fingerprint density at radius 2 is 1.60 bits per heavy atom. The van der Waals surface area contributed by atoms with Gasteiger partial charge in [0.25, 0.3) is 0 Å². The van der Waals surface area contributed by atoms with Crippen molar-refractivity contribution in [3.05, 3.63) is 88.4 Å². The van der Waals surface area contributed by atoms with Gasteiger partial charge in [-0.1, -0.05) is 65.3 Å². The molecule has 0 aliphatic carbocycles. The van der Waals surface area contributed by atoms with Gasteiger partial charge in [0.1, 0.15) is 12.6 Å². The Kier molecular flexibility index (Phi) is 11.8. The van der Waals surface area contributed by atoms with Crippen LogP contribution in [0.3, 0.4) is 0 Å². The van der Waals surface area contributed by atoms with E-state index in [1.807, 2.05) is 68.4 Å². The van der Waals surface area contributed by atoms with E-state index in [4.69, 9.17) is 9.47 Å². The first-order valence-electron chi connectivity index (χ1n) is 13.5. The second-order valence-electron chi connectivity index (χ2n) is 9.98. The molecular weight excluding hydrogens is 622 g/mol. The van der Waals surface area contributed by atoms with Crippen LogP contribution in [0.25, 0.3) is 0 Å². The Morgan fingerprint density at radius 3 is 2.19 bits per heavy atom. The molecule has 0 aliphatic rings. The van der Waals surface area contributed by atoms with Crippen molar-refractivity contribution in [3.63, 3.8) is 0 Å². The molecule has 3 aromatic rings. The molecule has 11 heteroatoms. The molecule has 3 aromatic carbocycles. The number of ether oxygens (including phenoxy) is 2. The summed E-state index contributed by atoms with van der Waals surface area (Å²) in [5, 5.41) is 3.02. The highest BCUT2D eigenvalue weighted by molar-refractivity contribution is 9.10. The molecule has 2 amide bonds. The molecule has 0 fully saturated rings. The number of sulfonamides is 1. The van der Waals surface area contributed by atoms with Gasteiger partial charge in [0, 0.05) is 29.5 Å². The molecule has 0 heterocycles. The molecule has 0 radical (unpaired) electrons. The van der Waals surface area contributed by atoms with Crippen molar-refractivity contribution < 1.29 is 27.5 Å². The number of carbonyl (C=O) groups is 2. The SMILES string of the molecule is CC[C@H](C)NC(=O)[C@H](Cc1ccccc1)N(Cc1cccc(Br)c1)C(=O)CN(c1ccc(OC)c(OC)c1)S(C)(=O)=O. The van der Waals surface area contributed by atoms with Crippen molar-refractivity contribution >= 4 is 43.5 Å². The van der Waals surface area contributed by atoms with E-state index >= 15 is 0 Å². The molecule has 0 bridgehead atoms. The number of nitrogens with zero attached hydrogens (tertiary/aromatic N) is 2. The van der Waals surface area contributed by atoms with E-state index in [0.717, 1.165) is 26.2 Å². The average molecular weight is 661 g/mol. The van der Waals surface area contributed by atoms with Crippen LogP contribution in [0.4, 0.5) is 5.69 Å². The summed E-state index contributed by atoms with van der Waals surface area (Å²) in [4.78, 5) is 29.4. The maximum absolute atomic E-state index is 14.2. The molecule has 0 aliphatic heterocycles. The Morgan fingerprint density at radius 1 is 0.929 bits per heavy atom. The fraction of sp³-hybridized carbons (Fsp3) is 0.355. The summed E-state index contributed by atoms with van der Waals surface area (Å²) in [6.07, 6.45) is 2.00. The zero-order chi connectivity index (χ0) is 30.9. The monoisotopic (exact) mass is 659 g/mol. The Bertz CT molecular complexity index is 1470. The maximum atomic E-state index is 14.2. The van der Waals surface area contributed by atoms with Gasteiger partial charge in [-0.25, -0.2) is 8.42 Å². The third-order valence-electron chi connectivity index (χ3n) is 6.85. The third kappa shape index (κ3) is 8.96. The largest absolute Gasteiger partial charge is 0.493 e. The molecule has 1 N–H and O–H groups in total. The Balaban J connectivity index is 2.08. The van der Waals surface area contributed by atoms with Crippen molar-refractivity contribution in [2.75, 3.05) is 31.3 Å². The smallest absolute Gasteiger partial charge is 0.244 e. The number of anilines is 1. The van der Waals surface area contributed by atoms with Gasteiger partial charge in [0.2, 0.25) is 21.8 Å². The second-order valence-corrected chi connectivity index (χ2v) is 12.8. The second kappa shape index (κ2) is 15.1. The minimum absolute atomic E-state index is 0.0905. The van der Waals surface area contributed by atoms with Gasteiger partial charge in [-0.2, -0.15) is 0 Å². The summed E-state index contributed by atoms with van der Waals surface area (Å²) in [5.41, 5.74) is 1.88. The van der Waals surface area contributed by atoms with Crippen molar-refractivity contribution in [2.45, 2.75) is 45.3 Å². The lowest BCUT2D eigenvalue weighted by Crippen LogP contribution is -2.54. The first kappa shape index (κ1) is 32.9. The zero-order valence-corrected chi connectivity index (χ0v) is 26.9. The standard InChI is InChI=1S/C31H38BrN3O6S/c1-6-22(2)33-31(37)27(18-23-11-8-7-9-12-23)34(20-24-13-10-14-25(32)17-24)30(36)21-35(42(5,38)39)26-15-16-28(40-3)29(19-26)41-4/h7-17,19,22,27H,6,18,20-21H2,1-5H3,(H,33,37)/t22-,27-/m0/s1. The first-order valence-corrected chi connectivity index (χ1v) is 16.2. The quantitative estimate of drug-likeness (QED) is 0.267. The number of amides is 2. The van der Waals surface area contributed by atoms with E-state index in [0.29, 0.717) is 17.9 Å². The molecule has 0 saturated carbocycles. The minimum atomic E-state index is -3.92. The summed E-state index contributed by atoms with van der Waals surface area (Å²) < 4.78 is 38.5. The molecule has 9 nitrogen and oxygen atoms in total. The molecule has 0 aromatic heterocycles. The van der Waals surface area contributed by atoms with Gasteiger partial charge in [-0.15, -0.1) is 0 Å². The molecular formula is C31H38BrN3O6S. The molecule has 42 heavy (non-hydrogen) atoms. The fourth-order valence-electron chi connectivity index (χ4n) is 4.42. The van der Waals surface area contributed by atoms with Crippen molar-refractivity contribution in [1.29, 1.82) is 0 Å². The lowest BCUT2D eigenvalue weighted by atomic mass is 10.0. The summed E-state index contributed by atoms with van der Waals surface area (Å²) in [5.74, 6) is -0.108. The lowest BCUT2D eigenvalue weighted by Gasteiger charge is -2.34. The predicted octanol–water partition coefficient (Wildman–Crippen LogP) is 4.79. The van der Waals surface area contributed by atoms with Crippen LogP contribution in [-0.2, 0) is 32.6 Å². The van der Waals surface area contributed by atoms with E-state index in [9.17, 15) is 18.0 Å².